The molecule has 32 heavy (non-hydrogen) atoms. The fourth-order valence-electron chi connectivity index (χ4n) is 5.48. The highest BCUT2D eigenvalue weighted by Gasteiger charge is 2.36. The van der Waals surface area contributed by atoms with E-state index in [9.17, 15) is 9.59 Å². The molecule has 1 saturated carbocycles. The molecule has 5 rings (SSSR count). The fraction of sp³-hybridized carbons (Fsp3) is 0.481. The van der Waals surface area contributed by atoms with Gasteiger partial charge in [-0.2, -0.15) is 0 Å². The number of amides is 1. The molecule has 2 aromatic carbocycles. The van der Waals surface area contributed by atoms with E-state index in [4.69, 9.17) is 0 Å². The third-order valence-corrected chi connectivity index (χ3v) is 7.43. The van der Waals surface area contributed by atoms with E-state index in [1.54, 1.807) is 4.90 Å². The Kier molecular flexibility index (Phi) is 6.37. The molecule has 168 valence electrons. The van der Waals surface area contributed by atoms with E-state index in [0.29, 0.717) is 18.0 Å². The summed E-state index contributed by atoms with van der Waals surface area (Å²) in [7, 11) is 0. The first kappa shape index (κ1) is 21.4. The molecule has 0 unspecified atom stereocenters. The summed E-state index contributed by atoms with van der Waals surface area (Å²) >= 11 is 0. The number of carbonyl (C=O) groups is 2. The van der Waals surface area contributed by atoms with Crippen LogP contribution in [0, 0.1) is 0 Å². The van der Waals surface area contributed by atoms with Crippen LogP contribution in [0.1, 0.15) is 59.5 Å². The lowest BCUT2D eigenvalue weighted by molar-refractivity contribution is -0.114. The smallest absolute Gasteiger partial charge is 0.299 e. The van der Waals surface area contributed by atoms with E-state index >= 15 is 0 Å². The molecule has 2 aliphatic heterocycles. The number of nitrogens with zero attached hydrogens (tertiary/aromatic N) is 3. The second-order valence-corrected chi connectivity index (χ2v) is 9.50. The van der Waals surface area contributed by atoms with Crippen LogP contribution in [0.4, 0.5) is 5.69 Å². The molecule has 2 fully saturated rings. The minimum atomic E-state index is -0.358. The predicted molar refractivity (Wildman–Crippen MR) is 127 cm³/mol. The van der Waals surface area contributed by atoms with Gasteiger partial charge in [0.2, 0.25) is 0 Å². The summed E-state index contributed by atoms with van der Waals surface area (Å²) in [5.74, 6) is -0.146. The average Bonchev–Trinajstić information content (AvgIpc) is 3.09. The lowest BCUT2D eigenvalue weighted by Crippen LogP contribution is -2.48. The zero-order valence-electron chi connectivity index (χ0n) is 18.8. The molecule has 0 bridgehead atoms. The van der Waals surface area contributed by atoms with E-state index in [2.05, 4.69) is 46.2 Å². The van der Waals surface area contributed by atoms with Gasteiger partial charge in [-0.25, -0.2) is 0 Å². The van der Waals surface area contributed by atoms with Gasteiger partial charge in [-0.3, -0.25) is 19.4 Å². The number of hydrogen-bond acceptors (Lipinski definition) is 4. The van der Waals surface area contributed by atoms with Gasteiger partial charge >= 0.3 is 0 Å². The Morgan fingerprint density at radius 1 is 0.781 bits per heavy atom. The molecule has 5 heteroatoms. The molecule has 1 aliphatic carbocycles. The van der Waals surface area contributed by atoms with Crippen molar-refractivity contribution >= 4 is 17.4 Å². The number of fused-ring (bicyclic) bond motifs is 1. The summed E-state index contributed by atoms with van der Waals surface area (Å²) in [6.07, 6.45) is 6.23. The molecular weight excluding hydrogens is 398 g/mol. The summed E-state index contributed by atoms with van der Waals surface area (Å²) in [4.78, 5) is 32.0. The molecule has 5 nitrogen and oxygen atoms in total. The van der Waals surface area contributed by atoms with Crippen LogP contribution < -0.4 is 4.90 Å². The predicted octanol–water partition coefficient (Wildman–Crippen LogP) is 4.08. The Morgan fingerprint density at radius 2 is 1.50 bits per heavy atom. The number of anilines is 1. The van der Waals surface area contributed by atoms with Gasteiger partial charge in [-0.05, 0) is 42.0 Å². The fourth-order valence-corrected chi connectivity index (χ4v) is 5.48. The van der Waals surface area contributed by atoms with E-state index in [-0.39, 0.29) is 11.7 Å². The van der Waals surface area contributed by atoms with Gasteiger partial charge in [-0.1, -0.05) is 55.7 Å². The van der Waals surface area contributed by atoms with Crippen molar-refractivity contribution in [3.63, 3.8) is 0 Å². The second kappa shape index (κ2) is 9.55. The Hall–Kier alpha value is -2.50. The molecule has 0 aromatic heterocycles. The van der Waals surface area contributed by atoms with Crippen molar-refractivity contribution in [2.24, 2.45) is 0 Å². The standard InChI is InChI=1S/C27H33N3O2/c31-26-24-19-23(22-9-5-2-6-10-22)11-12-25(24)30(27(26)32)18-17-28-13-15-29(16-14-28)20-21-7-3-1-4-8-21/h1,3-4,7-8,11-12,19,22H,2,5-6,9-10,13-18,20H2. The highest BCUT2D eigenvalue weighted by Crippen LogP contribution is 2.37. The van der Waals surface area contributed by atoms with E-state index < -0.39 is 0 Å². The Balaban J connectivity index is 1.17. The van der Waals surface area contributed by atoms with Crippen molar-refractivity contribution in [2.45, 2.75) is 44.6 Å². The van der Waals surface area contributed by atoms with Gasteiger partial charge in [0, 0.05) is 45.8 Å². The van der Waals surface area contributed by atoms with Crippen LogP contribution in [-0.4, -0.2) is 60.8 Å². The molecule has 2 aromatic rings. The number of benzene rings is 2. The van der Waals surface area contributed by atoms with Gasteiger partial charge in [0.25, 0.3) is 11.7 Å². The van der Waals surface area contributed by atoms with Crippen molar-refractivity contribution in [2.75, 3.05) is 44.2 Å². The maximum Gasteiger partial charge on any atom is 0.299 e. The minimum Gasteiger partial charge on any atom is -0.303 e. The van der Waals surface area contributed by atoms with Gasteiger partial charge < -0.3 is 4.90 Å². The molecule has 0 radical (unpaired) electrons. The maximum absolute atomic E-state index is 12.7. The van der Waals surface area contributed by atoms with Crippen LogP contribution in [-0.2, 0) is 11.3 Å². The topological polar surface area (TPSA) is 43.9 Å². The Morgan fingerprint density at radius 3 is 2.25 bits per heavy atom. The molecule has 1 amide bonds. The summed E-state index contributed by atoms with van der Waals surface area (Å²) < 4.78 is 0. The average molecular weight is 432 g/mol. The third kappa shape index (κ3) is 4.50. The number of rotatable bonds is 6. The largest absolute Gasteiger partial charge is 0.303 e. The molecule has 0 N–H and O–H groups in total. The number of hydrogen-bond donors (Lipinski definition) is 0. The molecule has 2 heterocycles. The first-order valence-corrected chi connectivity index (χ1v) is 12.2. The molecule has 3 aliphatic rings. The van der Waals surface area contributed by atoms with Gasteiger partial charge in [0.15, 0.2) is 0 Å². The zero-order chi connectivity index (χ0) is 21.9. The van der Waals surface area contributed by atoms with E-state index in [0.717, 1.165) is 45.0 Å². The van der Waals surface area contributed by atoms with E-state index in [1.165, 1.54) is 43.2 Å². The molecule has 0 atom stereocenters. The van der Waals surface area contributed by atoms with Crippen molar-refractivity contribution in [3.8, 4) is 0 Å². The van der Waals surface area contributed by atoms with Crippen molar-refractivity contribution in [1.29, 1.82) is 0 Å². The second-order valence-electron chi connectivity index (χ2n) is 9.50. The molecular formula is C27H33N3O2. The summed E-state index contributed by atoms with van der Waals surface area (Å²) in [5.41, 5.74) is 4.01. The van der Waals surface area contributed by atoms with Crippen LogP contribution in [0.25, 0.3) is 0 Å². The summed E-state index contributed by atoms with van der Waals surface area (Å²) in [6.45, 7) is 6.43. The van der Waals surface area contributed by atoms with Crippen LogP contribution in [0.3, 0.4) is 0 Å². The van der Waals surface area contributed by atoms with Crippen molar-refractivity contribution in [1.82, 2.24) is 9.80 Å². The highest BCUT2D eigenvalue weighted by molar-refractivity contribution is 6.52. The lowest BCUT2D eigenvalue weighted by atomic mass is 9.83. The number of ketones is 1. The third-order valence-electron chi connectivity index (χ3n) is 7.43. The molecule has 1 saturated heterocycles. The summed E-state index contributed by atoms with van der Waals surface area (Å²) in [6, 6.07) is 16.8. The van der Waals surface area contributed by atoms with Crippen LogP contribution in [0.5, 0.6) is 0 Å². The van der Waals surface area contributed by atoms with Crippen molar-refractivity contribution < 1.29 is 9.59 Å². The first-order valence-electron chi connectivity index (χ1n) is 12.2. The van der Waals surface area contributed by atoms with Crippen molar-refractivity contribution in [3.05, 3.63) is 65.2 Å². The van der Waals surface area contributed by atoms with Crippen LogP contribution >= 0.6 is 0 Å². The Labute approximate surface area is 191 Å². The van der Waals surface area contributed by atoms with E-state index in [1.807, 2.05) is 12.1 Å². The number of piperazine rings is 1. The van der Waals surface area contributed by atoms with Gasteiger partial charge in [0.05, 0.1) is 11.3 Å². The Bertz CT molecular complexity index is 960. The number of Topliss-reactive ketones (excluding diaryl/α,β-unsaturated/α-hetero) is 1. The van der Waals surface area contributed by atoms with Crippen LogP contribution in [0.2, 0.25) is 0 Å². The molecule has 0 spiro atoms. The van der Waals surface area contributed by atoms with Gasteiger partial charge in [0.1, 0.15) is 0 Å². The first-order chi connectivity index (χ1) is 15.7. The zero-order valence-corrected chi connectivity index (χ0v) is 18.8. The summed E-state index contributed by atoms with van der Waals surface area (Å²) in [5, 5.41) is 0. The highest BCUT2D eigenvalue weighted by atomic mass is 16.2. The quantitative estimate of drug-likeness (QED) is 0.647. The minimum absolute atomic E-state index is 0.328. The monoisotopic (exact) mass is 431 g/mol. The maximum atomic E-state index is 12.7. The normalized spacial score (nSPS) is 20.7. The van der Waals surface area contributed by atoms with Gasteiger partial charge in [-0.15, -0.1) is 0 Å². The lowest BCUT2D eigenvalue weighted by Gasteiger charge is -2.35. The number of carbonyl (C=O) groups excluding carboxylic acids is 2. The SMILES string of the molecule is O=C1C(=O)N(CCN2CCN(Cc3ccccc3)CC2)c2ccc(C3CCCCC3)cc21. The van der Waals surface area contributed by atoms with Crippen LogP contribution in [0.15, 0.2) is 48.5 Å².